The van der Waals surface area contributed by atoms with Crippen molar-refractivity contribution in [3.8, 4) is 0 Å². The van der Waals surface area contributed by atoms with E-state index >= 15 is 0 Å². The molecule has 1 aromatic rings. The Hall–Kier alpha value is -0.870. The van der Waals surface area contributed by atoms with E-state index in [2.05, 4.69) is 36.1 Å². The molecule has 1 N–H and O–H groups in total. The largest absolute Gasteiger partial charge is 0.361 e. The van der Waals surface area contributed by atoms with Gasteiger partial charge in [0.2, 0.25) is 0 Å². The van der Waals surface area contributed by atoms with Crippen LogP contribution in [0, 0.1) is 13.8 Å². The predicted molar refractivity (Wildman–Crippen MR) is 72.6 cm³/mol. The van der Waals surface area contributed by atoms with Crippen LogP contribution in [0.15, 0.2) is 4.52 Å². The molecule has 0 amide bonds. The van der Waals surface area contributed by atoms with Crippen molar-refractivity contribution in [3.63, 3.8) is 0 Å². The minimum atomic E-state index is 0.313. The summed E-state index contributed by atoms with van der Waals surface area (Å²) in [6.45, 7) is 13.1. The normalized spacial score (nSPS) is 22.9. The van der Waals surface area contributed by atoms with E-state index < -0.39 is 0 Å². The van der Waals surface area contributed by atoms with Crippen molar-refractivity contribution in [2.24, 2.45) is 0 Å². The summed E-state index contributed by atoms with van der Waals surface area (Å²) in [5.74, 6) is 0.936. The molecule has 0 aliphatic carbocycles. The fourth-order valence-electron chi connectivity index (χ4n) is 2.94. The lowest BCUT2D eigenvalue weighted by Gasteiger charge is -2.22. The number of nitrogens with one attached hydrogen (secondary N) is 1. The van der Waals surface area contributed by atoms with E-state index in [1.165, 1.54) is 18.5 Å². The summed E-state index contributed by atoms with van der Waals surface area (Å²) >= 11 is 0. The van der Waals surface area contributed by atoms with Gasteiger partial charge >= 0.3 is 0 Å². The van der Waals surface area contributed by atoms with Crippen LogP contribution in [0.4, 0.5) is 0 Å². The molecule has 2 rings (SSSR count). The van der Waals surface area contributed by atoms with E-state index in [4.69, 9.17) is 4.52 Å². The van der Waals surface area contributed by atoms with Crippen LogP contribution >= 0.6 is 0 Å². The van der Waals surface area contributed by atoms with Crippen molar-refractivity contribution < 1.29 is 4.52 Å². The molecule has 0 bridgehead atoms. The Morgan fingerprint density at radius 1 is 1.33 bits per heavy atom. The highest BCUT2D eigenvalue weighted by Crippen LogP contribution is 2.23. The minimum Gasteiger partial charge on any atom is -0.361 e. The topological polar surface area (TPSA) is 41.3 Å². The fourth-order valence-corrected chi connectivity index (χ4v) is 2.94. The molecule has 2 atom stereocenters. The Bertz CT molecular complexity index is 380. The molecule has 0 spiro atoms. The van der Waals surface area contributed by atoms with E-state index in [0.717, 1.165) is 18.0 Å². The molecule has 0 aromatic carbocycles. The molecule has 4 nitrogen and oxygen atoms in total. The third kappa shape index (κ3) is 2.75. The second-order valence-electron chi connectivity index (χ2n) is 5.70. The van der Waals surface area contributed by atoms with Crippen LogP contribution in [-0.2, 0) is 0 Å². The average Bonchev–Trinajstić information content (AvgIpc) is 2.86. The maximum atomic E-state index is 5.24. The summed E-state index contributed by atoms with van der Waals surface area (Å²) in [6.07, 6.45) is 1.23. The number of nitrogens with zero attached hydrogens (tertiary/aromatic N) is 2. The summed E-state index contributed by atoms with van der Waals surface area (Å²) in [5.41, 5.74) is 2.23. The van der Waals surface area contributed by atoms with Crippen LogP contribution in [0.25, 0.3) is 0 Å². The highest BCUT2D eigenvalue weighted by Gasteiger charge is 2.26. The van der Waals surface area contributed by atoms with E-state index in [9.17, 15) is 0 Å². The number of aromatic nitrogens is 1. The molecule has 1 aromatic heterocycles. The monoisotopic (exact) mass is 251 g/mol. The van der Waals surface area contributed by atoms with Gasteiger partial charge in [-0.3, -0.25) is 4.90 Å². The molecule has 102 valence electrons. The first-order valence-electron chi connectivity index (χ1n) is 6.92. The summed E-state index contributed by atoms with van der Waals surface area (Å²) in [4.78, 5) is 2.53. The quantitative estimate of drug-likeness (QED) is 0.892. The number of hydrogen-bond acceptors (Lipinski definition) is 4. The SMILES string of the molecule is Cc1noc(C)c1C(C)NC1CCN(C(C)C)C1. The van der Waals surface area contributed by atoms with Crippen LogP contribution in [0.2, 0.25) is 0 Å². The van der Waals surface area contributed by atoms with Crippen molar-refractivity contribution in [2.75, 3.05) is 13.1 Å². The summed E-state index contributed by atoms with van der Waals surface area (Å²) in [5, 5.41) is 7.74. The van der Waals surface area contributed by atoms with Gasteiger partial charge in [-0.05, 0) is 47.6 Å². The van der Waals surface area contributed by atoms with Gasteiger partial charge in [0.05, 0.1) is 5.69 Å². The molecule has 0 saturated carbocycles. The Morgan fingerprint density at radius 2 is 2.06 bits per heavy atom. The van der Waals surface area contributed by atoms with Gasteiger partial charge in [-0.25, -0.2) is 0 Å². The van der Waals surface area contributed by atoms with E-state index in [0.29, 0.717) is 18.1 Å². The fraction of sp³-hybridized carbons (Fsp3) is 0.786. The molecule has 1 aliphatic rings. The second kappa shape index (κ2) is 5.41. The highest BCUT2D eigenvalue weighted by molar-refractivity contribution is 5.24. The molecular formula is C14H25N3O. The van der Waals surface area contributed by atoms with Crippen LogP contribution in [-0.4, -0.2) is 35.2 Å². The lowest BCUT2D eigenvalue weighted by atomic mass is 10.1. The zero-order valence-electron chi connectivity index (χ0n) is 12.2. The average molecular weight is 251 g/mol. The molecule has 2 heterocycles. The standard InChI is InChI=1S/C14H25N3O/c1-9(2)17-7-6-13(8-17)15-10(3)14-11(4)16-18-12(14)5/h9-10,13,15H,6-8H2,1-5H3. The molecule has 0 radical (unpaired) electrons. The molecule has 18 heavy (non-hydrogen) atoms. The van der Waals surface area contributed by atoms with Crippen molar-refractivity contribution >= 4 is 0 Å². The lowest BCUT2D eigenvalue weighted by Crippen LogP contribution is -2.36. The number of rotatable bonds is 4. The van der Waals surface area contributed by atoms with Crippen LogP contribution in [0.5, 0.6) is 0 Å². The third-order valence-electron chi connectivity index (χ3n) is 3.96. The van der Waals surface area contributed by atoms with Gasteiger partial charge in [-0.2, -0.15) is 0 Å². The molecule has 1 saturated heterocycles. The Balaban J connectivity index is 1.95. The Labute approximate surface area is 110 Å². The molecule has 4 heteroatoms. The zero-order chi connectivity index (χ0) is 13.3. The zero-order valence-corrected chi connectivity index (χ0v) is 12.2. The Morgan fingerprint density at radius 3 is 2.56 bits per heavy atom. The summed E-state index contributed by atoms with van der Waals surface area (Å²) in [6, 6.07) is 1.54. The summed E-state index contributed by atoms with van der Waals surface area (Å²) in [7, 11) is 0. The van der Waals surface area contributed by atoms with Gasteiger partial charge in [0.1, 0.15) is 5.76 Å². The van der Waals surface area contributed by atoms with Gasteiger partial charge in [-0.1, -0.05) is 5.16 Å². The number of aryl methyl sites for hydroxylation is 2. The summed E-state index contributed by atoms with van der Waals surface area (Å²) < 4.78 is 5.24. The number of hydrogen-bond donors (Lipinski definition) is 1. The van der Waals surface area contributed by atoms with E-state index in [1.54, 1.807) is 0 Å². The van der Waals surface area contributed by atoms with Crippen molar-refractivity contribution in [2.45, 2.75) is 59.2 Å². The molecule has 1 aliphatic heterocycles. The van der Waals surface area contributed by atoms with Gasteiger partial charge in [0.25, 0.3) is 0 Å². The van der Waals surface area contributed by atoms with Gasteiger partial charge < -0.3 is 9.84 Å². The van der Waals surface area contributed by atoms with E-state index in [1.807, 2.05) is 13.8 Å². The van der Waals surface area contributed by atoms with Crippen LogP contribution in [0.1, 0.15) is 50.3 Å². The van der Waals surface area contributed by atoms with Gasteiger partial charge in [0, 0.05) is 30.2 Å². The maximum Gasteiger partial charge on any atom is 0.138 e. The molecular weight excluding hydrogens is 226 g/mol. The molecule has 1 fully saturated rings. The first-order valence-corrected chi connectivity index (χ1v) is 6.92. The van der Waals surface area contributed by atoms with Crippen LogP contribution < -0.4 is 5.32 Å². The first-order chi connectivity index (χ1) is 8.49. The highest BCUT2D eigenvalue weighted by atomic mass is 16.5. The van der Waals surface area contributed by atoms with Gasteiger partial charge in [-0.15, -0.1) is 0 Å². The van der Waals surface area contributed by atoms with Crippen molar-refractivity contribution in [1.29, 1.82) is 0 Å². The lowest BCUT2D eigenvalue weighted by molar-refractivity contribution is 0.266. The number of likely N-dealkylation sites (tertiary alicyclic amines) is 1. The smallest absolute Gasteiger partial charge is 0.138 e. The van der Waals surface area contributed by atoms with Crippen molar-refractivity contribution in [3.05, 3.63) is 17.0 Å². The van der Waals surface area contributed by atoms with E-state index in [-0.39, 0.29) is 0 Å². The predicted octanol–water partition coefficient (Wildman–Crippen LogP) is 2.42. The van der Waals surface area contributed by atoms with Gasteiger partial charge in [0.15, 0.2) is 0 Å². The van der Waals surface area contributed by atoms with Crippen LogP contribution in [0.3, 0.4) is 0 Å². The maximum absolute atomic E-state index is 5.24. The first kappa shape index (κ1) is 13.6. The molecule has 2 unspecified atom stereocenters. The third-order valence-corrected chi connectivity index (χ3v) is 3.96. The Kier molecular flexibility index (Phi) is 4.07. The minimum absolute atomic E-state index is 0.313. The van der Waals surface area contributed by atoms with Crippen molar-refractivity contribution in [1.82, 2.24) is 15.4 Å². The second-order valence-corrected chi connectivity index (χ2v) is 5.70.